The summed E-state index contributed by atoms with van der Waals surface area (Å²) in [6.07, 6.45) is 3.75. The van der Waals surface area contributed by atoms with Crippen LogP contribution in [-0.4, -0.2) is 57.0 Å². The van der Waals surface area contributed by atoms with Gasteiger partial charge in [0.1, 0.15) is 18.0 Å². The van der Waals surface area contributed by atoms with Gasteiger partial charge < -0.3 is 5.11 Å². The Balaban J connectivity index is 1.40. The quantitative estimate of drug-likeness (QED) is 0.661. The van der Waals surface area contributed by atoms with Gasteiger partial charge in [-0.25, -0.2) is 26.1 Å². The Hall–Kier alpha value is -1.92. The summed E-state index contributed by atoms with van der Waals surface area (Å²) in [5.41, 5.74) is 0.440. The van der Waals surface area contributed by atoms with E-state index in [1.165, 1.54) is 6.07 Å². The highest BCUT2D eigenvalue weighted by Gasteiger charge is 2.45. The molecule has 0 bridgehead atoms. The number of benzene rings is 1. The van der Waals surface area contributed by atoms with Gasteiger partial charge in [0.2, 0.25) is 10.0 Å². The lowest BCUT2D eigenvalue weighted by atomic mass is 9.76. The molecule has 0 radical (unpaired) electrons. The average Bonchev–Trinajstić information content (AvgIpc) is 3.37. The van der Waals surface area contributed by atoms with Crippen LogP contribution in [0.5, 0.6) is 5.75 Å². The van der Waals surface area contributed by atoms with Crippen molar-refractivity contribution >= 4 is 31.8 Å². The average molecular weight is 474 g/mol. The van der Waals surface area contributed by atoms with Crippen LogP contribution in [0.2, 0.25) is 0 Å². The Labute approximate surface area is 180 Å². The minimum Gasteiger partial charge on any atom is -0.506 e. The van der Waals surface area contributed by atoms with E-state index in [0.29, 0.717) is 54.2 Å². The molecule has 2 atom stereocenters. The van der Waals surface area contributed by atoms with E-state index in [4.69, 9.17) is 0 Å². The number of hydrogen-bond donors (Lipinski definition) is 2. The fraction of sp³-hybridized carbons (Fsp3) is 0.632. The molecule has 170 valence electrons. The van der Waals surface area contributed by atoms with Gasteiger partial charge in [0.25, 0.3) is 5.91 Å². The van der Waals surface area contributed by atoms with Crippen LogP contribution in [0.15, 0.2) is 6.07 Å². The molecule has 31 heavy (non-hydrogen) atoms. The number of carbonyl (C=O) groups excluding carboxylic acids is 1. The van der Waals surface area contributed by atoms with Crippen molar-refractivity contribution in [3.63, 3.8) is 0 Å². The first-order valence-electron chi connectivity index (χ1n) is 10.4. The van der Waals surface area contributed by atoms with Crippen molar-refractivity contribution < 1.29 is 31.1 Å². The van der Waals surface area contributed by atoms with Crippen molar-refractivity contribution in [2.45, 2.75) is 43.8 Å². The van der Waals surface area contributed by atoms with Crippen LogP contribution in [-0.2, 0) is 37.9 Å². The minimum atomic E-state index is -4.26. The van der Waals surface area contributed by atoms with E-state index in [0.717, 1.165) is 12.8 Å². The van der Waals surface area contributed by atoms with Crippen LogP contribution in [0.4, 0.5) is 10.1 Å². The number of anilines is 1. The Bertz CT molecular complexity index is 1170. The van der Waals surface area contributed by atoms with Crippen molar-refractivity contribution in [2.24, 2.45) is 11.8 Å². The van der Waals surface area contributed by atoms with E-state index in [1.54, 1.807) is 9.03 Å². The predicted molar refractivity (Wildman–Crippen MR) is 110 cm³/mol. The van der Waals surface area contributed by atoms with Gasteiger partial charge in [-0.15, -0.1) is 0 Å². The molecule has 2 aliphatic carbocycles. The number of aryl methyl sites for hydroxylation is 1. The van der Waals surface area contributed by atoms with E-state index in [2.05, 4.69) is 0 Å². The third kappa shape index (κ3) is 3.48. The van der Waals surface area contributed by atoms with E-state index in [-0.39, 0.29) is 17.1 Å². The highest BCUT2D eigenvalue weighted by atomic mass is 32.2. The second-order valence-electron chi connectivity index (χ2n) is 8.89. The highest BCUT2D eigenvalue weighted by molar-refractivity contribution is 7.92. The molecule has 0 spiro atoms. The molecular weight excluding hydrogens is 449 g/mol. The third-order valence-corrected chi connectivity index (χ3v) is 10.6. The molecule has 2 N–H and O–H groups in total. The predicted octanol–water partition coefficient (Wildman–Crippen LogP) is 0.631. The second kappa shape index (κ2) is 7.04. The zero-order valence-corrected chi connectivity index (χ0v) is 18.4. The summed E-state index contributed by atoms with van der Waals surface area (Å²) >= 11 is 0. The van der Waals surface area contributed by atoms with Gasteiger partial charge in [0.15, 0.2) is 5.82 Å². The molecule has 1 amide bonds. The molecule has 0 aromatic heterocycles. The lowest BCUT2D eigenvalue weighted by molar-refractivity contribution is -0.117. The number of nitrogens with zero attached hydrogens (tertiary/aromatic N) is 2. The number of carbonyl (C=O) groups is 1. The third-order valence-electron chi connectivity index (χ3n) is 6.89. The van der Waals surface area contributed by atoms with E-state index >= 15 is 4.39 Å². The lowest BCUT2D eigenvalue weighted by Crippen LogP contribution is -2.33. The number of aromatic hydroxyl groups is 1. The molecule has 2 heterocycles. The summed E-state index contributed by atoms with van der Waals surface area (Å²) < 4.78 is 68.8. The zero-order valence-electron chi connectivity index (χ0n) is 16.8. The Morgan fingerprint density at radius 2 is 1.90 bits per heavy atom. The van der Waals surface area contributed by atoms with Gasteiger partial charge in [-0.2, -0.15) is 8.42 Å². The zero-order chi connectivity index (χ0) is 22.1. The van der Waals surface area contributed by atoms with Gasteiger partial charge in [0, 0.05) is 13.1 Å². The molecule has 1 aromatic carbocycles. The van der Waals surface area contributed by atoms with Gasteiger partial charge in [0.05, 0.1) is 5.25 Å². The smallest absolute Gasteiger partial charge is 0.326 e. The van der Waals surface area contributed by atoms with Gasteiger partial charge in [-0.3, -0.25) is 4.79 Å². The molecule has 0 unspecified atom stereocenters. The maximum absolute atomic E-state index is 15.5. The van der Waals surface area contributed by atoms with Crippen molar-refractivity contribution in [2.75, 3.05) is 23.9 Å². The van der Waals surface area contributed by atoms with E-state index in [1.807, 2.05) is 0 Å². The summed E-state index contributed by atoms with van der Waals surface area (Å²) in [5.74, 6) is -1.97. The Kier molecular flexibility index (Phi) is 4.76. The molecule has 12 heteroatoms. The Morgan fingerprint density at radius 3 is 2.55 bits per heavy atom. The standard InChI is InChI=1S/C19H24FN3O6S2/c20-18-15-7-11(13-5-6-22(9-13)30(26,27)14-3-4-14)1-2-12(15)8-16(24)19(18)23-10-17(25)21-31(23,28)29/h8,11,13-14,24H,1-7,9-10H2,(H,21,25)/t11-,13-/m0/s1. The molecule has 2 saturated heterocycles. The molecule has 1 aromatic rings. The SMILES string of the molecule is O=C1CN(c2c(O)cc3c(c2F)C[C@@H]([C@H]2CCN(S(=O)(=O)C4CC4)C2)CC3)S(=O)(=O)N1. The summed E-state index contributed by atoms with van der Waals surface area (Å²) in [6, 6.07) is 1.38. The topological polar surface area (TPSA) is 124 Å². The number of phenolic OH excluding ortho intramolecular Hbond substituents is 1. The molecule has 5 rings (SSSR count). The van der Waals surface area contributed by atoms with Crippen LogP contribution in [0.1, 0.15) is 36.8 Å². The van der Waals surface area contributed by atoms with Crippen LogP contribution < -0.4 is 9.03 Å². The monoisotopic (exact) mass is 473 g/mol. The summed E-state index contributed by atoms with van der Waals surface area (Å²) in [7, 11) is -7.49. The molecule has 4 aliphatic rings. The van der Waals surface area contributed by atoms with Crippen molar-refractivity contribution in [1.29, 1.82) is 0 Å². The number of sulfonamides is 1. The van der Waals surface area contributed by atoms with Crippen LogP contribution in [0.25, 0.3) is 0 Å². The highest BCUT2D eigenvalue weighted by Crippen LogP contribution is 2.43. The summed E-state index contributed by atoms with van der Waals surface area (Å²) in [6.45, 7) is 0.325. The molecule has 3 fully saturated rings. The fourth-order valence-corrected chi connectivity index (χ4v) is 8.17. The molecular formula is C19H24FN3O6S2. The molecule has 2 aliphatic heterocycles. The molecule has 1 saturated carbocycles. The van der Waals surface area contributed by atoms with Crippen molar-refractivity contribution in [1.82, 2.24) is 9.03 Å². The first-order chi connectivity index (χ1) is 14.6. The van der Waals surface area contributed by atoms with E-state index in [9.17, 15) is 26.7 Å². The van der Waals surface area contributed by atoms with Crippen LogP contribution in [0, 0.1) is 17.7 Å². The number of rotatable bonds is 4. The fourth-order valence-electron chi connectivity index (χ4n) is 5.10. The van der Waals surface area contributed by atoms with Crippen molar-refractivity contribution in [3.8, 4) is 5.75 Å². The maximum Gasteiger partial charge on any atom is 0.326 e. The number of phenols is 1. The maximum atomic E-state index is 15.5. The summed E-state index contributed by atoms with van der Waals surface area (Å²) in [5, 5.41) is 10.1. The first kappa shape index (κ1) is 21.0. The number of amides is 1. The van der Waals surface area contributed by atoms with E-state index < -0.39 is 49.9 Å². The minimum absolute atomic E-state index is 0.0636. The van der Waals surface area contributed by atoms with Crippen LogP contribution in [0.3, 0.4) is 0 Å². The normalized spacial score (nSPS) is 28.5. The van der Waals surface area contributed by atoms with Crippen molar-refractivity contribution in [3.05, 3.63) is 23.0 Å². The number of halogens is 1. The second-order valence-corrected chi connectivity index (χ2v) is 12.7. The lowest BCUT2D eigenvalue weighted by Gasteiger charge is -2.31. The number of fused-ring (bicyclic) bond motifs is 1. The number of nitrogens with one attached hydrogen (secondary N) is 1. The summed E-state index contributed by atoms with van der Waals surface area (Å²) in [4.78, 5) is 11.6. The van der Waals surface area contributed by atoms with Gasteiger partial charge in [-0.05, 0) is 67.6 Å². The molecule has 9 nitrogen and oxygen atoms in total. The van der Waals surface area contributed by atoms with Crippen LogP contribution >= 0.6 is 0 Å². The van der Waals surface area contributed by atoms with Gasteiger partial charge in [-0.1, -0.05) is 0 Å². The van der Waals surface area contributed by atoms with Gasteiger partial charge >= 0.3 is 10.2 Å². The first-order valence-corrected chi connectivity index (χ1v) is 13.4. The number of hydrogen-bond acceptors (Lipinski definition) is 6. The Morgan fingerprint density at radius 1 is 1.16 bits per heavy atom. The largest absolute Gasteiger partial charge is 0.506 e.